The molecule has 2 aromatic rings. The number of rotatable bonds is 5. The smallest absolute Gasteiger partial charge is 0.251 e. The van der Waals surface area contributed by atoms with Gasteiger partial charge in [0, 0.05) is 24.5 Å². The van der Waals surface area contributed by atoms with Crippen molar-refractivity contribution >= 4 is 15.8 Å². The quantitative estimate of drug-likeness (QED) is 0.729. The largest absolute Gasteiger partial charge is 0.471 e. The zero-order valence-electron chi connectivity index (χ0n) is 14.0. The summed E-state index contributed by atoms with van der Waals surface area (Å²) in [7, 11) is -3.68. The van der Waals surface area contributed by atoms with Crippen LogP contribution in [0.4, 0.5) is 0 Å². The molecule has 0 spiro atoms. The molecule has 1 saturated heterocycles. The Morgan fingerprint density at radius 1 is 1.27 bits per heavy atom. The number of ether oxygens (including phenoxy) is 1. The van der Waals surface area contributed by atoms with Crippen LogP contribution in [0.25, 0.3) is 0 Å². The average Bonchev–Trinajstić information content (AvgIpc) is 3.11. The first kappa shape index (κ1) is 18.0. The second-order valence-electron chi connectivity index (χ2n) is 5.79. The number of hydrogen-bond acceptors (Lipinski definition) is 7. The Hall–Kier alpha value is -2.83. The van der Waals surface area contributed by atoms with Crippen LogP contribution >= 0.6 is 0 Å². The Bertz CT molecular complexity index is 967. The third-order valence-corrected chi connectivity index (χ3v) is 5.93. The van der Waals surface area contributed by atoms with Gasteiger partial charge in [-0.1, -0.05) is 12.1 Å². The molecule has 0 saturated carbocycles. The number of nitriles is 1. The average molecular weight is 372 g/mol. The predicted molar refractivity (Wildman–Crippen MR) is 91.0 cm³/mol. The summed E-state index contributed by atoms with van der Waals surface area (Å²) in [6, 6.07) is 7.74. The first-order valence-electron chi connectivity index (χ1n) is 7.90. The van der Waals surface area contributed by atoms with Gasteiger partial charge in [0.2, 0.25) is 15.7 Å². The Balaban J connectivity index is 1.73. The number of hydrogen-bond donors (Lipinski definition) is 0. The number of Topliss-reactive ketones (excluding diaryl/α,β-unsaturated/α-hetero) is 1. The molecule has 134 valence electrons. The van der Waals surface area contributed by atoms with Gasteiger partial charge in [0.1, 0.15) is 12.2 Å². The highest BCUT2D eigenvalue weighted by Gasteiger charge is 2.34. The summed E-state index contributed by atoms with van der Waals surface area (Å²) in [5, 5.41) is 9.02. The molecule has 8 nitrogen and oxygen atoms in total. The maximum atomic E-state index is 12.7. The van der Waals surface area contributed by atoms with Crippen LogP contribution in [-0.2, 0) is 10.0 Å². The minimum atomic E-state index is -3.68. The van der Waals surface area contributed by atoms with Crippen molar-refractivity contribution in [2.75, 3.05) is 13.1 Å². The van der Waals surface area contributed by atoms with Crippen LogP contribution in [-0.4, -0.2) is 47.7 Å². The molecule has 1 fully saturated rings. The summed E-state index contributed by atoms with van der Waals surface area (Å²) in [6.45, 7) is 1.87. The Morgan fingerprint density at radius 2 is 1.96 bits per heavy atom. The van der Waals surface area contributed by atoms with Crippen LogP contribution in [0.5, 0.6) is 5.88 Å². The van der Waals surface area contributed by atoms with Crippen LogP contribution in [0.1, 0.15) is 29.4 Å². The second-order valence-corrected chi connectivity index (χ2v) is 7.73. The van der Waals surface area contributed by atoms with E-state index in [4.69, 9.17) is 10.00 Å². The highest BCUT2D eigenvalue weighted by molar-refractivity contribution is 7.89. The van der Waals surface area contributed by atoms with Gasteiger partial charge in [0.15, 0.2) is 5.78 Å². The molecular weight excluding hydrogens is 356 g/mol. The third-order valence-electron chi connectivity index (χ3n) is 4.06. The van der Waals surface area contributed by atoms with Crippen LogP contribution in [0.15, 0.2) is 41.6 Å². The van der Waals surface area contributed by atoms with Gasteiger partial charge in [0.05, 0.1) is 11.4 Å². The highest BCUT2D eigenvalue weighted by atomic mass is 32.2. The minimum absolute atomic E-state index is 0.0635. The van der Waals surface area contributed by atoms with E-state index in [9.17, 15) is 13.2 Å². The van der Waals surface area contributed by atoms with Gasteiger partial charge in [-0.25, -0.2) is 18.4 Å². The van der Waals surface area contributed by atoms with Crippen LogP contribution in [0, 0.1) is 11.3 Å². The molecule has 0 radical (unpaired) electrons. The SMILES string of the molecule is CC(=O)c1ccc(S(=O)(=O)N2CCC(Oc3nccnc3C#N)C2)cc1. The lowest BCUT2D eigenvalue weighted by Crippen LogP contribution is -2.31. The molecule has 1 aromatic carbocycles. The lowest BCUT2D eigenvalue weighted by molar-refractivity contribution is 0.101. The minimum Gasteiger partial charge on any atom is -0.471 e. The summed E-state index contributed by atoms with van der Waals surface area (Å²) in [4.78, 5) is 19.3. The molecule has 1 aromatic heterocycles. The number of carbonyl (C=O) groups excluding carboxylic acids is 1. The van der Waals surface area contributed by atoms with E-state index in [0.717, 1.165) is 0 Å². The number of nitrogens with zero attached hydrogens (tertiary/aromatic N) is 4. The van der Waals surface area contributed by atoms with E-state index in [2.05, 4.69) is 9.97 Å². The monoisotopic (exact) mass is 372 g/mol. The van der Waals surface area contributed by atoms with E-state index in [1.807, 2.05) is 6.07 Å². The van der Waals surface area contributed by atoms with Gasteiger partial charge < -0.3 is 4.74 Å². The molecule has 0 N–H and O–H groups in total. The second kappa shape index (κ2) is 7.19. The van der Waals surface area contributed by atoms with Gasteiger partial charge in [-0.05, 0) is 25.5 Å². The van der Waals surface area contributed by atoms with Crippen LogP contribution in [0.2, 0.25) is 0 Å². The summed E-state index contributed by atoms with van der Waals surface area (Å²) in [5.41, 5.74) is 0.520. The maximum absolute atomic E-state index is 12.7. The lowest BCUT2D eigenvalue weighted by atomic mass is 10.2. The van der Waals surface area contributed by atoms with Crippen molar-refractivity contribution in [3.05, 3.63) is 47.9 Å². The number of sulfonamides is 1. The van der Waals surface area contributed by atoms with Crippen molar-refractivity contribution in [1.82, 2.24) is 14.3 Å². The van der Waals surface area contributed by atoms with Gasteiger partial charge in [-0.15, -0.1) is 0 Å². The van der Waals surface area contributed by atoms with E-state index in [1.165, 1.54) is 47.9 Å². The Labute approximate surface area is 151 Å². The number of carbonyl (C=O) groups is 1. The van der Waals surface area contributed by atoms with E-state index in [-0.39, 0.29) is 28.8 Å². The number of aromatic nitrogens is 2. The molecule has 1 atom stereocenters. The standard InChI is InChI=1S/C17H16N4O4S/c1-12(22)13-2-4-15(5-3-13)26(23,24)21-9-6-14(11-21)25-17-16(10-18)19-7-8-20-17/h2-5,7-8,14H,6,9,11H2,1H3. The molecule has 0 bridgehead atoms. The van der Waals surface area contributed by atoms with Crippen LogP contribution < -0.4 is 4.74 Å². The molecule has 1 aliphatic rings. The summed E-state index contributed by atoms with van der Waals surface area (Å²) >= 11 is 0. The summed E-state index contributed by atoms with van der Waals surface area (Å²) in [5.74, 6) is -0.0223. The molecule has 1 aliphatic heterocycles. The molecule has 1 unspecified atom stereocenters. The molecular formula is C17H16N4O4S. The topological polar surface area (TPSA) is 113 Å². The van der Waals surface area contributed by atoms with E-state index >= 15 is 0 Å². The molecule has 26 heavy (non-hydrogen) atoms. The Morgan fingerprint density at radius 3 is 2.62 bits per heavy atom. The zero-order valence-corrected chi connectivity index (χ0v) is 14.8. The predicted octanol–water partition coefficient (Wildman–Crippen LogP) is 1.39. The summed E-state index contributed by atoms with van der Waals surface area (Å²) < 4.78 is 32.5. The van der Waals surface area contributed by atoms with Crippen molar-refractivity contribution in [1.29, 1.82) is 5.26 Å². The fraction of sp³-hybridized carbons (Fsp3) is 0.294. The molecule has 0 amide bonds. The maximum Gasteiger partial charge on any atom is 0.251 e. The first-order valence-corrected chi connectivity index (χ1v) is 9.34. The van der Waals surface area contributed by atoms with Crippen molar-refractivity contribution in [3.8, 4) is 11.9 Å². The van der Waals surface area contributed by atoms with E-state index in [0.29, 0.717) is 18.5 Å². The lowest BCUT2D eigenvalue weighted by Gasteiger charge is -2.17. The fourth-order valence-electron chi connectivity index (χ4n) is 2.67. The van der Waals surface area contributed by atoms with Crippen LogP contribution in [0.3, 0.4) is 0 Å². The van der Waals surface area contributed by atoms with Gasteiger partial charge in [-0.3, -0.25) is 4.79 Å². The molecule has 0 aliphatic carbocycles. The fourth-order valence-corrected chi connectivity index (χ4v) is 4.16. The molecule has 2 heterocycles. The van der Waals surface area contributed by atoms with Crippen molar-refractivity contribution in [2.45, 2.75) is 24.3 Å². The molecule has 3 rings (SSSR count). The van der Waals surface area contributed by atoms with Crippen molar-refractivity contribution in [3.63, 3.8) is 0 Å². The van der Waals surface area contributed by atoms with Crippen molar-refractivity contribution < 1.29 is 17.9 Å². The highest BCUT2D eigenvalue weighted by Crippen LogP contribution is 2.24. The van der Waals surface area contributed by atoms with E-state index in [1.54, 1.807) is 0 Å². The van der Waals surface area contributed by atoms with E-state index < -0.39 is 16.1 Å². The van der Waals surface area contributed by atoms with Crippen molar-refractivity contribution in [2.24, 2.45) is 0 Å². The number of benzene rings is 1. The summed E-state index contributed by atoms with van der Waals surface area (Å²) in [6.07, 6.45) is 2.87. The molecule has 9 heteroatoms. The zero-order chi connectivity index (χ0) is 18.7. The number of ketones is 1. The Kier molecular flexibility index (Phi) is 4.97. The van der Waals surface area contributed by atoms with Gasteiger partial charge in [-0.2, -0.15) is 9.57 Å². The normalized spacial score (nSPS) is 17.6. The third kappa shape index (κ3) is 3.56. The van der Waals surface area contributed by atoms with Gasteiger partial charge in [0.25, 0.3) is 5.88 Å². The first-order chi connectivity index (χ1) is 12.4. The van der Waals surface area contributed by atoms with Gasteiger partial charge >= 0.3 is 0 Å².